The molecule has 0 saturated heterocycles. The highest BCUT2D eigenvalue weighted by Gasteiger charge is 2.33. The number of rotatable bonds is 3. The van der Waals surface area contributed by atoms with Crippen molar-refractivity contribution in [3.63, 3.8) is 0 Å². The highest BCUT2D eigenvalue weighted by molar-refractivity contribution is 7.07. The van der Waals surface area contributed by atoms with Crippen molar-refractivity contribution in [2.75, 3.05) is 5.88 Å². The largest absolute Gasteiger partial charge is 0.250 e. The zero-order chi connectivity index (χ0) is 9.15. The Bertz CT molecular complexity index is 252. The van der Waals surface area contributed by atoms with Crippen molar-refractivity contribution in [2.45, 2.75) is 32.1 Å². The van der Waals surface area contributed by atoms with Crippen LogP contribution in [-0.2, 0) is 6.42 Å². The zero-order valence-corrected chi connectivity index (χ0v) is 9.20. The van der Waals surface area contributed by atoms with Crippen molar-refractivity contribution in [1.29, 1.82) is 0 Å². The van der Waals surface area contributed by atoms with E-state index in [2.05, 4.69) is 10.4 Å². The number of nitrogens with zero attached hydrogens (tertiary/aromatic N) is 1. The van der Waals surface area contributed by atoms with Crippen LogP contribution < -0.4 is 0 Å². The Morgan fingerprint density at radius 1 is 1.46 bits per heavy atom. The molecule has 0 amide bonds. The van der Waals surface area contributed by atoms with Crippen molar-refractivity contribution < 1.29 is 0 Å². The summed E-state index contributed by atoms with van der Waals surface area (Å²) in [5.74, 6) is 0.796. The summed E-state index contributed by atoms with van der Waals surface area (Å²) in [6.45, 7) is 0. The number of halogens is 1. The first-order chi connectivity index (χ1) is 6.35. The fourth-order valence-electron chi connectivity index (χ4n) is 2.19. The van der Waals surface area contributed by atoms with Crippen molar-refractivity contribution in [2.24, 2.45) is 5.41 Å². The van der Waals surface area contributed by atoms with E-state index in [9.17, 15) is 0 Å². The van der Waals surface area contributed by atoms with Crippen molar-refractivity contribution in [1.82, 2.24) is 4.98 Å². The van der Waals surface area contributed by atoms with Gasteiger partial charge in [-0.25, -0.2) is 4.98 Å². The fraction of sp³-hybridized carbons (Fsp3) is 0.700. The average Bonchev–Trinajstić information content (AvgIpc) is 2.77. The molecular weight excluding hydrogens is 202 g/mol. The maximum absolute atomic E-state index is 6.06. The lowest BCUT2D eigenvalue weighted by atomic mass is 9.84. The Morgan fingerprint density at radius 2 is 2.23 bits per heavy atom. The number of aromatic nitrogens is 1. The number of hydrogen-bond donors (Lipinski definition) is 0. The van der Waals surface area contributed by atoms with Gasteiger partial charge in [-0.3, -0.25) is 0 Å². The normalized spacial score (nSPS) is 20.7. The summed E-state index contributed by atoms with van der Waals surface area (Å²) in [4.78, 5) is 4.33. The van der Waals surface area contributed by atoms with Gasteiger partial charge in [-0.1, -0.05) is 12.8 Å². The van der Waals surface area contributed by atoms with E-state index in [1.807, 2.05) is 5.51 Å². The highest BCUT2D eigenvalue weighted by Crippen LogP contribution is 2.41. The molecular formula is C10H14ClNS. The molecule has 1 aliphatic carbocycles. The Kier molecular flexibility index (Phi) is 2.89. The lowest BCUT2D eigenvalue weighted by molar-refractivity contribution is 0.338. The summed E-state index contributed by atoms with van der Waals surface area (Å²) in [5, 5.41) is 2.15. The van der Waals surface area contributed by atoms with Crippen LogP contribution in [0.4, 0.5) is 0 Å². The van der Waals surface area contributed by atoms with Gasteiger partial charge in [-0.2, -0.15) is 0 Å². The molecule has 1 aliphatic rings. The molecule has 1 heterocycles. The van der Waals surface area contributed by atoms with Crippen LogP contribution in [-0.4, -0.2) is 10.9 Å². The maximum Gasteiger partial charge on any atom is 0.0794 e. The van der Waals surface area contributed by atoms with Crippen LogP contribution in [0, 0.1) is 5.41 Å². The first-order valence-electron chi connectivity index (χ1n) is 4.78. The molecule has 0 N–H and O–H groups in total. The van der Waals surface area contributed by atoms with Gasteiger partial charge in [0.05, 0.1) is 11.2 Å². The van der Waals surface area contributed by atoms with Gasteiger partial charge in [0.1, 0.15) is 0 Å². The Morgan fingerprint density at radius 3 is 2.77 bits per heavy atom. The van der Waals surface area contributed by atoms with Crippen LogP contribution in [0.2, 0.25) is 0 Å². The molecule has 0 bridgehead atoms. The molecule has 1 aromatic heterocycles. The number of hydrogen-bond acceptors (Lipinski definition) is 2. The second-order valence-corrected chi connectivity index (χ2v) is 4.98. The minimum atomic E-state index is 0.371. The van der Waals surface area contributed by atoms with E-state index in [0.29, 0.717) is 5.41 Å². The van der Waals surface area contributed by atoms with Crippen LogP contribution >= 0.6 is 22.9 Å². The first-order valence-corrected chi connectivity index (χ1v) is 6.25. The van der Waals surface area contributed by atoms with Crippen LogP contribution in [0.5, 0.6) is 0 Å². The third kappa shape index (κ3) is 2.05. The van der Waals surface area contributed by atoms with E-state index in [-0.39, 0.29) is 0 Å². The third-order valence-electron chi connectivity index (χ3n) is 2.99. The molecule has 13 heavy (non-hydrogen) atoms. The second kappa shape index (κ2) is 3.97. The second-order valence-electron chi connectivity index (χ2n) is 4.00. The topological polar surface area (TPSA) is 12.9 Å². The van der Waals surface area contributed by atoms with E-state index in [4.69, 9.17) is 11.6 Å². The van der Waals surface area contributed by atoms with Crippen LogP contribution in [0.3, 0.4) is 0 Å². The Hall–Kier alpha value is -0.0800. The molecule has 0 radical (unpaired) electrons. The lowest BCUT2D eigenvalue weighted by Crippen LogP contribution is -2.21. The molecule has 3 heteroatoms. The highest BCUT2D eigenvalue weighted by atomic mass is 35.5. The van der Waals surface area contributed by atoms with Gasteiger partial charge in [0, 0.05) is 11.3 Å². The molecule has 0 aromatic carbocycles. The Labute approximate surface area is 88.1 Å². The number of thiazole rings is 1. The monoisotopic (exact) mass is 215 g/mol. The van der Waals surface area contributed by atoms with Gasteiger partial charge < -0.3 is 0 Å². The summed E-state index contributed by atoms with van der Waals surface area (Å²) in [5.41, 5.74) is 3.51. The zero-order valence-electron chi connectivity index (χ0n) is 7.63. The lowest BCUT2D eigenvalue weighted by Gasteiger charge is -2.24. The van der Waals surface area contributed by atoms with Gasteiger partial charge >= 0.3 is 0 Å². The molecule has 1 saturated carbocycles. The third-order valence-corrected chi connectivity index (χ3v) is 4.19. The standard InChI is InChI=1S/C10H14ClNS/c11-7-10(3-1-2-4-10)5-9-6-13-8-12-9/h6,8H,1-5,7H2. The fourth-order valence-corrected chi connectivity index (χ4v) is 3.11. The first kappa shape index (κ1) is 9.47. The van der Waals surface area contributed by atoms with E-state index < -0.39 is 0 Å². The summed E-state index contributed by atoms with van der Waals surface area (Å²) in [6, 6.07) is 0. The molecule has 2 rings (SSSR count). The minimum absolute atomic E-state index is 0.371. The van der Waals surface area contributed by atoms with E-state index in [1.165, 1.54) is 31.4 Å². The summed E-state index contributed by atoms with van der Waals surface area (Å²) >= 11 is 7.74. The Balaban J connectivity index is 2.06. The minimum Gasteiger partial charge on any atom is -0.250 e. The van der Waals surface area contributed by atoms with Crippen LogP contribution in [0.1, 0.15) is 31.4 Å². The van der Waals surface area contributed by atoms with Crippen LogP contribution in [0.25, 0.3) is 0 Å². The van der Waals surface area contributed by atoms with Gasteiger partial charge in [0.25, 0.3) is 0 Å². The van der Waals surface area contributed by atoms with E-state index in [1.54, 1.807) is 11.3 Å². The molecule has 0 aliphatic heterocycles. The maximum atomic E-state index is 6.06. The van der Waals surface area contributed by atoms with Gasteiger partial charge in [0.2, 0.25) is 0 Å². The molecule has 1 aromatic rings. The smallest absolute Gasteiger partial charge is 0.0794 e. The van der Waals surface area contributed by atoms with Crippen LogP contribution in [0.15, 0.2) is 10.9 Å². The molecule has 1 fully saturated rings. The molecule has 0 unspecified atom stereocenters. The van der Waals surface area contributed by atoms with Crippen molar-refractivity contribution >= 4 is 22.9 Å². The number of alkyl halides is 1. The quantitative estimate of drug-likeness (QED) is 0.704. The van der Waals surface area contributed by atoms with E-state index >= 15 is 0 Å². The van der Waals surface area contributed by atoms with Gasteiger partial charge in [-0.05, 0) is 24.7 Å². The average molecular weight is 216 g/mol. The molecule has 0 atom stereocenters. The predicted molar refractivity (Wildman–Crippen MR) is 57.4 cm³/mol. The molecule has 0 spiro atoms. The summed E-state index contributed by atoms with van der Waals surface area (Å²) in [6.07, 6.45) is 6.34. The van der Waals surface area contributed by atoms with Gasteiger partial charge in [-0.15, -0.1) is 22.9 Å². The predicted octanol–water partition coefficient (Wildman–Crippen LogP) is 3.48. The summed E-state index contributed by atoms with van der Waals surface area (Å²) < 4.78 is 0. The summed E-state index contributed by atoms with van der Waals surface area (Å²) in [7, 11) is 0. The molecule has 72 valence electrons. The molecule has 1 nitrogen and oxygen atoms in total. The van der Waals surface area contributed by atoms with Gasteiger partial charge in [0.15, 0.2) is 0 Å². The van der Waals surface area contributed by atoms with E-state index in [0.717, 1.165) is 12.3 Å². The van der Waals surface area contributed by atoms with Crippen molar-refractivity contribution in [3.05, 3.63) is 16.6 Å². The van der Waals surface area contributed by atoms with Crippen molar-refractivity contribution in [3.8, 4) is 0 Å². The SMILES string of the molecule is ClCC1(Cc2cscn2)CCCC1.